The van der Waals surface area contributed by atoms with Crippen LogP contribution in [-0.4, -0.2) is 24.4 Å². The molecule has 2 N–H and O–H groups in total. The van der Waals surface area contributed by atoms with Crippen molar-refractivity contribution in [1.29, 1.82) is 0 Å². The molecular weight excluding hydrogens is 352 g/mol. The second-order valence-corrected chi connectivity index (χ2v) is 8.30. The Bertz CT molecular complexity index is 882. The number of hydrogen-bond donors (Lipinski definition) is 2. The summed E-state index contributed by atoms with van der Waals surface area (Å²) in [6, 6.07) is 4.98. The second kappa shape index (κ2) is 7.82. The molecule has 8 heteroatoms. The molecule has 0 saturated heterocycles. The number of sulfonamides is 1. The average Bonchev–Trinajstić information content (AvgIpc) is 2.54. The molecule has 0 aliphatic rings. The minimum absolute atomic E-state index is 0.128. The van der Waals surface area contributed by atoms with Crippen LogP contribution in [0, 0.1) is 6.92 Å². The number of urea groups is 1. The van der Waals surface area contributed by atoms with Gasteiger partial charge in [-0.3, -0.25) is 0 Å². The van der Waals surface area contributed by atoms with E-state index in [1.165, 1.54) is 12.5 Å². The number of nitrogens with zero attached hydrogens (tertiary/aromatic N) is 2. The fraction of sp³-hybridized carbons (Fsp3) is 0.389. The van der Waals surface area contributed by atoms with Crippen molar-refractivity contribution in [3.05, 3.63) is 47.5 Å². The Morgan fingerprint density at radius 2 is 1.65 bits per heavy atom. The minimum Gasteiger partial charge on any atom is -0.307 e. The van der Waals surface area contributed by atoms with Crippen LogP contribution >= 0.6 is 0 Å². The van der Waals surface area contributed by atoms with E-state index in [4.69, 9.17) is 0 Å². The lowest BCUT2D eigenvalue weighted by atomic mass is 9.93. The molecule has 0 unspecified atom stereocenters. The molecule has 0 bridgehead atoms. The first kappa shape index (κ1) is 19.8. The van der Waals surface area contributed by atoms with Gasteiger partial charge in [-0.25, -0.2) is 27.9 Å². The quantitative estimate of drug-likeness (QED) is 0.831. The van der Waals surface area contributed by atoms with E-state index in [1.54, 1.807) is 6.92 Å². The van der Waals surface area contributed by atoms with Crippen LogP contribution in [0.3, 0.4) is 0 Å². The molecule has 1 aromatic heterocycles. The van der Waals surface area contributed by atoms with Gasteiger partial charge >= 0.3 is 6.03 Å². The fourth-order valence-electron chi connectivity index (χ4n) is 2.65. The summed E-state index contributed by atoms with van der Waals surface area (Å²) in [6.07, 6.45) is 2.42. The third kappa shape index (κ3) is 4.37. The largest absolute Gasteiger partial charge is 0.333 e. The first-order valence-electron chi connectivity index (χ1n) is 8.36. The maximum atomic E-state index is 12.4. The molecule has 0 aliphatic carbocycles. The van der Waals surface area contributed by atoms with E-state index in [9.17, 15) is 13.2 Å². The van der Waals surface area contributed by atoms with E-state index in [2.05, 4.69) is 15.3 Å². The molecule has 140 valence electrons. The molecule has 2 aromatic rings. The van der Waals surface area contributed by atoms with Crippen LogP contribution in [0.5, 0.6) is 0 Å². The van der Waals surface area contributed by atoms with Crippen molar-refractivity contribution < 1.29 is 13.2 Å². The normalized spacial score (nSPS) is 11.7. The van der Waals surface area contributed by atoms with Gasteiger partial charge in [-0.1, -0.05) is 45.9 Å². The highest BCUT2D eigenvalue weighted by atomic mass is 32.2. The smallest absolute Gasteiger partial charge is 0.307 e. The van der Waals surface area contributed by atoms with Crippen molar-refractivity contribution in [2.45, 2.75) is 51.3 Å². The lowest BCUT2D eigenvalue weighted by Crippen LogP contribution is -2.35. The van der Waals surface area contributed by atoms with Gasteiger partial charge in [-0.05, 0) is 29.9 Å². The Kier molecular flexibility index (Phi) is 5.97. The standard InChI is InChI=1S/C18H24N4O3S/c1-11(2)14-7-6-8-15(12(3)4)17(14)21-18(23)22-26(24,25)16-9-19-10-20-13(16)5/h6-12H,1-5H3,(H2,21,22,23). The van der Waals surface area contributed by atoms with Crippen LogP contribution in [0.4, 0.5) is 10.5 Å². The van der Waals surface area contributed by atoms with E-state index in [1.807, 2.05) is 50.6 Å². The Balaban J connectivity index is 2.32. The molecular formula is C18H24N4O3S. The number of aryl methyl sites for hydroxylation is 1. The summed E-state index contributed by atoms with van der Waals surface area (Å²) in [6.45, 7) is 9.61. The molecule has 1 aromatic carbocycles. The second-order valence-electron chi connectivity index (χ2n) is 6.65. The van der Waals surface area contributed by atoms with Crippen molar-refractivity contribution in [2.75, 3.05) is 5.32 Å². The number of aromatic nitrogens is 2. The number of hydrogen-bond acceptors (Lipinski definition) is 5. The van der Waals surface area contributed by atoms with Gasteiger partial charge in [-0.2, -0.15) is 0 Å². The Morgan fingerprint density at radius 1 is 1.08 bits per heavy atom. The van der Waals surface area contributed by atoms with Crippen LogP contribution in [0.2, 0.25) is 0 Å². The van der Waals surface area contributed by atoms with E-state index in [0.717, 1.165) is 11.1 Å². The lowest BCUT2D eigenvalue weighted by Gasteiger charge is -2.20. The van der Waals surface area contributed by atoms with Gasteiger partial charge in [0.1, 0.15) is 11.2 Å². The monoisotopic (exact) mass is 376 g/mol. The van der Waals surface area contributed by atoms with Gasteiger partial charge in [0.05, 0.1) is 11.9 Å². The molecule has 0 fully saturated rings. The summed E-state index contributed by atoms with van der Waals surface area (Å²) in [5.41, 5.74) is 2.81. The van der Waals surface area contributed by atoms with Gasteiger partial charge in [0.25, 0.3) is 10.0 Å². The molecule has 0 saturated carbocycles. The molecule has 26 heavy (non-hydrogen) atoms. The topological polar surface area (TPSA) is 101 Å². The summed E-state index contributed by atoms with van der Waals surface area (Å²) in [5, 5.41) is 2.72. The first-order valence-corrected chi connectivity index (χ1v) is 9.85. The molecule has 7 nitrogen and oxygen atoms in total. The van der Waals surface area contributed by atoms with Crippen LogP contribution in [0.1, 0.15) is 56.4 Å². The van der Waals surface area contributed by atoms with Crippen molar-refractivity contribution in [3.8, 4) is 0 Å². The third-order valence-electron chi connectivity index (χ3n) is 3.99. The molecule has 2 rings (SSSR count). The van der Waals surface area contributed by atoms with Crippen molar-refractivity contribution in [3.63, 3.8) is 0 Å². The molecule has 0 aliphatic heterocycles. The lowest BCUT2D eigenvalue weighted by molar-refractivity contribution is 0.256. The van der Waals surface area contributed by atoms with E-state index in [0.29, 0.717) is 5.69 Å². The van der Waals surface area contributed by atoms with Crippen LogP contribution in [-0.2, 0) is 10.0 Å². The zero-order chi connectivity index (χ0) is 19.5. The summed E-state index contributed by atoms with van der Waals surface area (Å²) in [7, 11) is -4.06. The zero-order valence-electron chi connectivity index (χ0n) is 15.6. The van der Waals surface area contributed by atoms with Crippen molar-refractivity contribution >= 4 is 21.7 Å². The molecule has 0 radical (unpaired) electrons. The number of rotatable bonds is 5. The average molecular weight is 376 g/mol. The van der Waals surface area contributed by atoms with Gasteiger partial charge in [-0.15, -0.1) is 0 Å². The highest BCUT2D eigenvalue weighted by molar-refractivity contribution is 7.90. The molecule has 0 atom stereocenters. The Labute approximate surface area is 154 Å². The zero-order valence-corrected chi connectivity index (χ0v) is 16.4. The number of carbonyl (C=O) groups excluding carboxylic acids is 1. The van der Waals surface area contributed by atoms with Crippen molar-refractivity contribution in [1.82, 2.24) is 14.7 Å². The van der Waals surface area contributed by atoms with Crippen LogP contribution < -0.4 is 10.0 Å². The Morgan fingerprint density at radius 3 is 2.15 bits per heavy atom. The molecule has 1 heterocycles. The van der Waals surface area contributed by atoms with Gasteiger partial charge in [0.15, 0.2) is 0 Å². The fourth-order valence-corrected chi connectivity index (χ4v) is 3.70. The highest BCUT2D eigenvalue weighted by Gasteiger charge is 2.22. The summed E-state index contributed by atoms with van der Waals surface area (Å²) in [4.78, 5) is 19.9. The molecule has 2 amide bonds. The van der Waals surface area contributed by atoms with E-state index >= 15 is 0 Å². The molecule has 0 spiro atoms. The maximum absolute atomic E-state index is 12.4. The van der Waals surface area contributed by atoms with E-state index < -0.39 is 16.1 Å². The number of carbonyl (C=O) groups is 1. The predicted molar refractivity (Wildman–Crippen MR) is 101 cm³/mol. The van der Waals surface area contributed by atoms with Gasteiger partial charge in [0, 0.05) is 5.69 Å². The van der Waals surface area contributed by atoms with Crippen molar-refractivity contribution in [2.24, 2.45) is 0 Å². The number of amides is 2. The SMILES string of the molecule is Cc1ncncc1S(=O)(=O)NC(=O)Nc1c(C(C)C)cccc1C(C)C. The van der Waals surface area contributed by atoms with E-state index in [-0.39, 0.29) is 22.4 Å². The van der Waals surface area contributed by atoms with Gasteiger partial charge < -0.3 is 5.32 Å². The maximum Gasteiger partial charge on any atom is 0.333 e. The summed E-state index contributed by atoms with van der Waals surface area (Å²) >= 11 is 0. The number of para-hydroxylation sites is 1. The highest BCUT2D eigenvalue weighted by Crippen LogP contribution is 2.32. The number of anilines is 1. The van der Waals surface area contributed by atoms with Crippen LogP contribution in [0.15, 0.2) is 35.6 Å². The van der Waals surface area contributed by atoms with Crippen LogP contribution in [0.25, 0.3) is 0 Å². The minimum atomic E-state index is -4.06. The Hall–Kier alpha value is -2.48. The predicted octanol–water partition coefficient (Wildman–Crippen LogP) is 3.54. The summed E-state index contributed by atoms with van der Waals surface area (Å²) in [5.74, 6) is 0.343. The first-order chi connectivity index (χ1) is 12.1. The summed E-state index contributed by atoms with van der Waals surface area (Å²) < 4.78 is 26.9. The number of benzene rings is 1. The number of nitrogens with one attached hydrogen (secondary N) is 2. The third-order valence-corrected chi connectivity index (χ3v) is 5.43. The van der Waals surface area contributed by atoms with Gasteiger partial charge in [0.2, 0.25) is 0 Å².